The van der Waals surface area contributed by atoms with Gasteiger partial charge in [-0.25, -0.2) is 0 Å². The van der Waals surface area contributed by atoms with Gasteiger partial charge in [0.25, 0.3) is 0 Å². The standard InChI is InChI=1S/C22H13BrN2/c23-17-11-16-13-6-2-4-8-19(13)25-22(16)20-15(17)10-9-14-12-5-1-3-7-18(12)24-21(14)20/h1-11,24-25H. The highest BCUT2D eigenvalue weighted by Crippen LogP contribution is 2.40. The van der Waals surface area contributed by atoms with E-state index in [0.29, 0.717) is 0 Å². The molecule has 0 aliphatic carbocycles. The van der Waals surface area contributed by atoms with Crippen molar-refractivity contribution < 1.29 is 0 Å². The molecule has 3 heteroatoms. The second kappa shape index (κ2) is 4.64. The Balaban J connectivity index is 1.97. The van der Waals surface area contributed by atoms with E-state index in [-0.39, 0.29) is 0 Å². The third-order valence-corrected chi connectivity index (χ3v) is 5.86. The Labute approximate surface area is 151 Å². The van der Waals surface area contributed by atoms with E-state index in [2.05, 4.69) is 92.6 Å². The van der Waals surface area contributed by atoms with Gasteiger partial charge in [0.05, 0.1) is 11.0 Å². The summed E-state index contributed by atoms with van der Waals surface area (Å²) in [6.07, 6.45) is 0. The molecule has 25 heavy (non-hydrogen) atoms. The molecule has 0 aliphatic rings. The predicted octanol–water partition coefficient (Wildman–Crippen LogP) is 6.87. The first-order valence-electron chi connectivity index (χ1n) is 8.33. The number of aromatic nitrogens is 2. The number of aromatic amines is 2. The van der Waals surface area contributed by atoms with Gasteiger partial charge in [0.1, 0.15) is 0 Å². The summed E-state index contributed by atoms with van der Waals surface area (Å²) in [5.74, 6) is 0. The summed E-state index contributed by atoms with van der Waals surface area (Å²) in [6.45, 7) is 0. The van der Waals surface area contributed by atoms with E-state index < -0.39 is 0 Å². The second-order valence-corrected chi connectivity index (χ2v) is 7.39. The molecule has 2 nitrogen and oxygen atoms in total. The first-order valence-corrected chi connectivity index (χ1v) is 9.12. The van der Waals surface area contributed by atoms with Crippen LogP contribution in [0, 0.1) is 0 Å². The van der Waals surface area contributed by atoms with Gasteiger partial charge in [-0.1, -0.05) is 64.5 Å². The number of fused-ring (bicyclic) bond motifs is 9. The van der Waals surface area contributed by atoms with Crippen LogP contribution in [0.4, 0.5) is 0 Å². The minimum absolute atomic E-state index is 1.13. The molecular weight excluding hydrogens is 372 g/mol. The fourth-order valence-corrected chi connectivity index (χ4v) is 4.65. The fraction of sp³-hybridized carbons (Fsp3) is 0. The van der Waals surface area contributed by atoms with Gasteiger partial charge in [-0.2, -0.15) is 0 Å². The molecule has 0 unspecified atom stereocenters. The fourth-order valence-electron chi connectivity index (χ4n) is 4.09. The van der Waals surface area contributed by atoms with Crippen LogP contribution in [-0.4, -0.2) is 9.97 Å². The summed E-state index contributed by atoms with van der Waals surface area (Å²) >= 11 is 3.79. The van der Waals surface area contributed by atoms with Crippen LogP contribution in [0.25, 0.3) is 54.4 Å². The number of hydrogen-bond donors (Lipinski definition) is 2. The Hall–Kier alpha value is -2.78. The molecular formula is C22H13BrN2. The zero-order valence-electron chi connectivity index (χ0n) is 13.2. The summed E-state index contributed by atoms with van der Waals surface area (Å²) in [5.41, 5.74) is 4.73. The smallest absolute Gasteiger partial charge is 0.0566 e. The third kappa shape index (κ3) is 1.68. The van der Waals surface area contributed by atoms with Gasteiger partial charge < -0.3 is 9.97 Å². The van der Waals surface area contributed by atoms with Crippen molar-refractivity contribution in [3.8, 4) is 0 Å². The highest BCUT2D eigenvalue weighted by Gasteiger charge is 2.15. The molecule has 2 heterocycles. The van der Waals surface area contributed by atoms with Crippen LogP contribution in [0.3, 0.4) is 0 Å². The van der Waals surface area contributed by atoms with E-state index in [1.165, 1.54) is 54.4 Å². The van der Waals surface area contributed by atoms with Crippen molar-refractivity contribution in [1.29, 1.82) is 0 Å². The number of rotatable bonds is 0. The number of para-hydroxylation sites is 2. The molecule has 2 aromatic heterocycles. The van der Waals surface area contributed by atoms with E-state index in [1.807, 2.05) is 0 Å². The Kier molecular flexibility index (Phi) is 2.51. The Morgan fingerprint density at radius 2 is 1.12 bits per heavy atom. The first kappa shape index (κ1) is 13.5. The lowest BCUT2D eigenvalue weighted by atomic mass is 10.0. The highest BCUT2D eigenvalue weighted by molar-refractivity contribution is 9.10. The molecule has 0 atom stereocenters. The van der Waals surface area contributed by atoms with Crippen molar-refractivity contribution in [3.05, 3.63) is 71.2 Å². The zero-order chi connectivity index (χ0) is 16.5. The molecule has 0 spiro atoms. The third-order valence-electron chi connectivity index (χ3n) is 5.21. The van der Waals surface area contributed by atoms with Gasteiger partial charge in [-0.05, 0) is 18.2 Å². The normalized spacial score (nSPS) is 12.2. The van der Waals surface area contributed by atoms with Crippen LogP contribution in [-0.2, 0) is 0 Å². The average molecular weight is 385 g/mol. The van der Waals surface area contributed by atoms with Crippen LogP contribution >= 0.6 is 15.9 Å². The lowest BCUT2D eigenvalue weighted by Crippen LogP contribution is -1.81. The minimum Gasteiger partial charge on any atom is -0.354 e. The van der Waals surface area contributed by atoms with Crippen LogP contribution < -0.4 is 0 Å². The van der Waals surface area contributed by atoms with Gasteiger partial charge in [-0.15, -0.1) is 0 Å². The molecule has 0 fully saturated rings. The molecule has 118 valence electrons. The number of H-pyrrole nitrogens is 2. The maximum atomic E-state index is 3.79. The van der Waals surface area contributed by atoms with E-state index in [4.69, 9.17) is 0 Å². The van der Waals surface area contributed by atoms with Gasteiger partial charge in [0.2, 0.25) is 0 Å². The van der Waals surface area contributed by atoms with Crippen molar-refractivity contribution in [2.45, 2.75) is 0 Å². The highest BCUT2D eigenvalue weighted by atomic mass is 79.9. The van der Waals surface area contributed by atoms with E-state index in [9.17, 15) is 0 Å². The summed E-state index contributed by atoms with van der Waals surface area (Å²) in [4.78, 5) is 7.29. The molecule has 0 saturated carbocycles. The van der Waals surface area contributed by atoms with Crippen molar-refractivity contribution in [2.75, 3.05) is 0 Å². The summed E-state index contributed by atoms with van der Waals surface area (Å²) in [7, 11) is 0. The number of benzene rings is 4. The summed E-state index contributed by atoms with van der Waals surface area (Å²) in [5, 5.41) is 7.51. The topological polar surface area (TPSA) is 31.6 Å². The van der Waals surface area contributed by atoms with Gasteiger partial charge in [0.15, 0.2) is 0 Å². The number of halogens is 1. The second-order valence-electron chi connectivity index (χ2n) is 6.53. The maximum Gasteiger partial charge on any atom is 0.0566 e. The number of nitrogens with one attached hydrogen (secondary N) is 2. The number of hydrogen-bond acceptors (Lipinski definition) is 0. The van der Waals surface area contributed by atoms with Gasteiger partial charge >= 0.3 is 0 Å². The maximum absolute atomic E-state index is 3.79. The zero-order valence-corrected chi connectivity index (χ0v) is 14.8. The van der Waals surface area contributed by atoms with E-state index >= 15 is 0 Å². The largest absolute Gasteiger partial charge is 0.354 e. The predicted molar refractivity (Wildman–Crippen MR) is 110 cm³/mol. The molecule has 0 amide bonds. The van der Waals surface area contributed by atoms with Crippen LogP contribution in [0.2, 0.25) is 0 Å². The SMILES string of the molecule is Brc1cc2c3ccccc3[nH]c2c2c1ccc1c3ccccc3[nH]c12. The van der Waals surface area contributed by atoms with E-state index in [0.717, 1.165) is 4.47 Å². The molecule has 0 bridgehead atoms. The monoisotopic (exact) mass is 384 g/mol. The lowest BCUT2D eigenvalue weighted by molar-refractivity contribution is 1.54. The van der Waals surface area contributed by atoms with Crippen molar-refractivity contribution in [2.24, 2.45) is 0 Å². The molecule has 6 aromatic rings. The molecule has 0 radical (unpaired) electrons. The molecule has 0 aliphatic heterocycles. The van der Waals surface area contributed by atoms with Gasteiger partial charge in [0, 0.05) is 47.8 Å². The Bertz CT molecular complexity index is 1440. The Morgan fingerprint density at radius 3 is 1.84 bits per heavy atom. The van der Waals surface area contributed by atoms with Crippen LogP contribution in [0.5, 0.6) is 0 Å². The molecule has 2 N–H and O–H groups in total. The van der Waals surface area contributed by atoms with Gasteiger partial charge in [-0.3, -0.25) is 0 Å². The van der Waals surface area contributed by atoms with Crippen molar-refractivity contribution in [1.82, 2.24) is 9.97 Å². The molecule has 0 saturated heterocycles. The molecule has 4 aromatic carbocycles. The average Bonchev–Trinajstić information content (AvgIpc) is 3.20. The van der Waals surface area contributed by atoms with Crippen molar-refractivity contribution in [3.63, 3.8) is 0 Å². The van der Waals surface area contributed by atoms with Crippen LogP contribution in [0.15, 0.2) is 71.2 Å². The molecule has 6 rings (SSSR count). The Morgan fingerprint density at radius 1 is 0.560 bits per heavy atom. The summed E-state index contributed by atoms with van der Waals surface area (Å²) < 4.78 is 1.13. The summed E-state index contributed by atoms with van der Waals surface area (Å²) in [6, 6.07) is 23.6. The van der Waals surface area contributed by atoms with Crippen LogP contribution in [0.1, 0.15) is 0 Å². The quantitative estimate of drug-likeness (QED) is 0.286. The minimum atomic E-state index is 1.13. The lowest BCUT2D eigenvalue weighted by Gasteiger charge is -2.05. The first-order chi connectivity index (χ1) is 12.3. The van der Waals surface area contributed by atoms with E-state index in [1.54, 1.807) is 0 Å². The van der Waals surface area contributed by atoms with Crippen molar-refractivity contribution >= 4 is 70.3 Å².